The van der Waals surface area contributed by atoms with Gasteiger partial charge in [-0.2, -0.15) is 0 Å². The monoisotopic (exact) mass is 399 g/mol. The predicted molar refractivity (Wildman–Crippen MR) is 102 cm³/mol. The van der Waals surface area contributed by atoms with Crippen molar-refractivity contribution in [3.8, 4) is 0 Å². The highest BCUT2D eigenvalue weighted by atomic mass is 35.5. The molecule has 1 spiro atoms. The van der Waals surface area contributed by atoms with Crippen LogP contribution in [0.2, 0.25) is 5.02 Å². The Morgan fingerprint density at radius 2 is 1.86 bits per heavy atom. The van der Waals surface area contributed by atoms with Crippen LogP contribution in [0.25, 0.3) is 0 Å². The number of benzene rings is 2. The summed E-state index contributed by atoms with van der Waals surface area (Å²) in [5.41, 5.74) is 0.547. The largest absolute Gasteiger partial charge is 0.449 e. The van der Waals surface area contributed by atoms with Crippen LogP contribution >= 0.6 is 11.6 Å². The third-order valence-corrected chi connectivity index (χ3v) is 6.64. The second kappa shape index (κ2) is 6.05. The number of esters is 1. The Kier molecular flexibility index (Phi) is 3.82. The first kappa shape index (κ1) is 17.7. The summed E-state index contributed by atoms with van der Waals surface area (Å²) in [4.78, 5) is 27.5. The van der Waals surface area contributed by atoms with E-state index in [4.69, 9.17) is 16.3 Å². The van der Waals surface area contributed by atoms with Crippen LogP contribution in [-0.2, 0) is 20.5 Å². The molecule has 5 rings (SSSR count). The van der Waals surface area contributed by atoms with Crippen LogP contribution in [0.1, 0.15) is 40.7 Å². The highest BCUT2D eigenvalue weighted by Gasteiger charge is 2.57. The van der Waals surface area contributed by atoms with Crippen molar-refractivity contribution >= 4 is 23.5 Å². The number of hydrogen-bond acceptors (Lipinski definition) is 3. The van der Waals surface area contributed by atoms with Crippen LogP contribution in [0.5, 0.6) is 0 Å². The Labute approximate surface area is 167 Å². The van der Waals surface area contributed by atoms with Gasteiger partial charge in [0.2, 0.25) is 5.91 Å². The molecule has 3 aliphatic rings. The van der Waals surface area contributed by atoms with Gasteiger partial charge in [0, 0.05) is 23.6 Å². The number of carbonyl (C=O) groups is 2. The summed E-state index contributed by atoms with van der Waals surface area (Å²) in [6, 6.07) is 14.4. The number of carbonyl (C=O) groups excluding carboxylic acids is 2. The predicted octanol–water partition coefficient (Wildman–Crippen LogP) is 4.01. The lowest BCUT2D eigenvalue weighted by molar-refractivity contribution is -0.143. The first-order chi connectivity index (χ1) is 13.4. The third-order valence-electron chi connectivity index (χ3n) is 6.39. The molecular weight excluding hydrogens is 381 g/mol. The molecule has 0 aromatic heterocycles. The van der Waals surface area contributed by atoms with Crippen molar-refractivity contribution in [2.45, 2.75) is 36.5 Å². The molecule has 2 heterocycles. The third kappa shape index (κ3) is 2.42. The van der Waals surface area contributed by atoms with Gasteiger partial charge in [-0.05, 0) is 36.6 Å². The Morgan fingerprint density at radius 3 is 2.57 bits per heavy atom. The number of ether oxygens (including phenoxy) is 1. The van der Waals surface area contributed by atoms with Crippen LogP contribution in [0.3, 0.4) is 0 Å². The average molecular weight is 400 g/mol. The molecule has 144 valence electrons. The zero-order valence-corrected chi connectivity index (χ0v) is 15.9. The van der Waals surface area contributed by atoms with E-state index >= 15 is 0 Å². The van der Waals surface area contributed by atoms with E-state index in [0.717, 1.165) is 11.1 Å². The maximum absolute atomic E-state index is 13.9. The van der Waals surface area contributed by atoms with E-state index in [1.807, 2.05) is 30.3 Å². The second-order valence-corrected chi connectivity index (χ2v) is 8.44. The molecule has 2 fully saturated rings. The van der Waals surface area contributed by atoms with Crippen LogP contribution < -0.4 is 0 Å². The number of nitrogens with zero attached hydrogens (tertiary/aromatic N) is 1. The second-order valence-electron chi connectivity index (χ2n) is 8.00. The molecule has 4 nitrogen and oxygen atoms in total. The molecule has 1 saturated heterocycles. The van der Waals surface area contributed by atoms with E-state index in [9.17, 15) is 14.0 Å². The SMILES string of the molecule is O=C1O[C@]2(CCN(C(=O)C3(c4ccc(Cl)cc4)CC(F)C3)C2)c2ccccc21. The van der Waals surface area contributed by atoms with Gasteiger partial charge in [0.05, 0.1) is 17.5 Å². The molecule has 2 aromatic rings. The molecule has 0 bridgehead atoms. The lowest BCUT2D eigenvalue weighted by atomic mass is 9.62. The van der Waals surface area contributed by atoms with Gasteiger partial charge in [0.1, 0.15) is 6.17 Å². The van der Waals surface area contributed by atoms with E-state index in [1.54, 1.807) is 23.1 Å². The maximum atomic E-state index is 13.9. The fourth-order valence-electron chi connectivity index (χ4n) is 4.91. The topological polar surface area (TPSA) is 46.6 Å². The van der Waals surface area contributed by atoms with Crippen molar-refractivity contribution in [3.05, 3.63) is 70.2 Å². The summed E-state index contributed by atoms with van der Waals surface area (Å²) in [6.45, 7) is 0.785. The molecule has 6 heteroatoms. The van der Waals surface area contributed by atoms with Crippen LogP contribution in [0.15, 0.2) is 48.5 Å². The number of fused-ring (bicyclic) bond motifs is 2. The number of hydrogen-bond donors (Lipinski definition) is 0. The van der Waals surface area contributed by atoms with Crippen LogP contribution in [-0.4, -0.2) is 36.0 Å². The first-order valence-corrected chi connectivity index (χ1v) is 9.84. The van der Waals surface area contributed by atoms with E-state index in [1.165, 1.54) is 0 Å². The summed E-state index contributed by atoms with van der Waals surface area (Å²) < 4.78 is 19.6. The average Bonchev–Trinajstić information content (AvgIpc) is 3.22. The van der Waals surface area contributed by atoms with Crippen LogP contribution in [0.4, 0.5) is 4.39 Å². The highest BCUT2D eigenvalue weighted by Crippen LogP contribution is 2.50. The fourth-order valence-corrected chi connectivity index (χ4v) is 5.03. The molecule has 28 heavy (non-hydrogen) atoms. The number of amides is 1. The Bertz CT molecular complexity index is 970. The molecular formula is C22H19ClFNO3. The minimum atomic E-state index is -0.985. The van der Waals surface area contributed by atoms with E-state index < -0.39 is 17.2 Å². The molecule has 1 atom stereocenters. The lowest BCUT2D eigenvalue weighted by Crippen LogP contribution is -2.55. The van der Waals surface area contributed by atoms with Gasteiger partial charge < -0.3 is 9.64 Å². The summed E-state index contributed by atoms with van der Waals surface area (Å²) in [5, 5.41) is 0.581. The Morgan fingerprint density at radius 1 is 1.14 bits per heavy atom. The lowest BCUT2D eigenvalue weighted by Gasteiger charge is -2.45. The van der Waals surface area contributed by atoms with Crippen molar-refractivity contribution in [1.82, 2.24) is 4.90 Å². The summed E-state index contributed by atoms with van der Waals surface area (Å²) in [5.74, 6) is -0.439. The zero-order chi connectivity index (χ0) is 19.5. The van der Waals surface area contributed by atoms with E-state index in [-0.39, 0.29) is 24.7 Å². The molecule has 1 saturated carbocycles. The minimum Gasteiger partial charge on any atom is -0.449 e. The van der Waals surface area contributed by atoms with Crippen molar-refractivity contribution in [3.63, 3.8) is 0 Å². The van der Waals surface area contributed by atoms with Crippen molar-refractivity contribution in [2.24, 2.45) is 0 Å². The minimum absolute atomic E-state index is 0.0963. The molecule has 0 N–H and O–H groups in total. The smallest absolute Gasteiger partial charge is 0.339 e. The summed E-state index contributed by atoms with van der Waals surface area (Å²) in [6.07, 6.45) is -0.0843. The zero-order valence-electron chi connectivity index (χ0n) is 15.2. The normalized spacial score (nSPS) is 30.9. The molecule has 2 aliphatic heterocycles. The van der Waals surface area contributed by atoms with Crippen LogP contribution in [0, 0.1) is 0 Å². The van der Waals surface area contributed by atoms with Gasteiger partial charge >= 0.3 is 5.97 Å². The fraction of sp³-hybridized carbons (Fsp3) is 0.364. The first-order valence-electron chi connectivity index (χ1n) is 9.46. The van der Waals surface area contributed by atoms with Gasteiger partial charge in [-0.3, -0.25) is 4.79 Å². The standard InChI is InChI=1S/C22H19ClFNO3/c23-15-7-5-14(6-8-15)21(11-16(24)12-21)20(27)25-10-9-22(13-25)18-4-2-1-3-17(18)19(26)28-22/h1-8,16H,9-13H2/t16?,21?,22-/m0/s1. The molecule has 1 aliphatic carbocycles. The number of halogens is 2. The molecule has 2 aromatic carbocycles. The molecule has 0 unspecified atom stereocenters. The van der Waals surface area contributed by atoms with E-state index in [2.05, 4.69) is 0 Å². The summed E-state index contributed by atoms with van der Waals surface area (Å²) >= 11 is 5.98. The van der Waals surface area contributed by atoms with E-state index in [0.29, 0.717) is 30.1 Å². The molecule has 0 radical (unpaired) electrons. The van der Waals surface area contributed by atoms with Crippen molar-refractivity contribution < 1.29 is 18.7 Å². The highest BCUT2D eigenvalue weighted by molar-refractivity contribution is 6.30. The number of alkyl halides is 1. The Balaban J connectivity index is 1.45. The van der Waals surface area contributed by atoms with Gasteiger partial charge in [0.15, 0.2) is 5.60 Å². The van der Waals surface area contributed by atoms with Gasteiger partial charge in [0.25, 0.3) is 0 Å². The molecule has 1 amide bonds. The van der Waals surface area contributed by atoms with Gasteiger partial charge in [-0.25, -0.2) is 9.18 Å². The number of likely N-dealkylation sites (tertiary alicyclic amines) is 1. The van der Waals surface area contributed by atoms with Crippen molar-refractivity contribution in [2.75, 3.05) is 13.1 Å². The van der Waals surface area contributed by atoms with Gasteiger partial charge in [-0.15, -0.1) is 0 Å². The Hall–Kier alpha value is -2.40. The van der Waals surface area contributed by atoms with Crippen molar-refractivity contribution in [1.29, 1.82) is 0 Å². The maximum Gasteiger partial charge on any atom is 0.339 e. The number of rotatable bonds is 2. The summed E-state index contributed by atoms with van der Waals surface area (Å²) in [7, 11) is 0. The quantitative estimate of drug-likeness (QED) is 0.717. The van der Waals surface area contributed by atoms with Gasteiger partial charge in [-0.1, -0.05) is 41.9 Å².